The fourth-order valence-electron chi connectivity index (χ4n) is 3.68. The molecule has 0 spiro atoms. The Bertz CT molecular complexity index is 735. The number of nitrogens with two attached hydrogens (primary N) is 1. The average Bonchev–Trinajstić information content (AvgIpc) is 2.65. The molecule has 1 fully saturated rings. The molecule has 1 saturated heterocycles. The molecule has 3 rings (SSSR count). The Morgan fingerprint density at radius 3 is 2.93 bits per heavy atom. The molecular formula is C19H25FIN5O. The van der Waals surface area contributed by atoms with Crippen molar-refractivity contribution in [2.75, 3.05) is 38.0 Å². The van der Waals surface area contributed by atoms with Gasteiger partial charge in [0.1, 0.15) is 5.82 Å². The van der Waals surface area contributed by atoms with Gasteiger partial charge in [0, 0.05) is 42.2 Å². The first-order valence-electron chi connectivity index (χ1n) is 9.17. The zero-order valence-corrected chi connectivity index (χ0v) is 17.3. The highest BCUT2D eigenvalue weighted by atomic mass is 127. The van der Waals surface area contributed by atoms with Gasteiger partial charge in [-0.05, 0) is 60.2 Å². The number of carbonyl (C=O) groups excluding carboxylic acids is 1. The quantitative estimate of drug-likeness (QED) is 0.516. The second-order valence-electron chi connectivity index (χ2n) is 6.98. The number of carbonyl (C=O) groups is 1. The number of primary amides is 1. The molecule has 6 nitrogen and oxygen atoms in total. The maximum Gasteiger partial charge on any atom is 0.227 e. The number of nitrogens with zero attached hydrogens (tertiary/aromatic N) is 2. The van der Waals surface area contributed by atoms with Crippen LogP contribution in [0.5, 0.6) is 0 Å². The van der Waals surface area contributed by atoms with Crippen LogP contribution in [0, 0.1) is 15.3 Å². The highest BCUT2D eigenvalue weighted by molar-refractivity contribution is 14.1. The molecule has 2 atom stereocenters. The largest absolute Gasteiger partial charge is 0.371 e. The summed E-state index contributed by atoms with van der Waals surface area (Å²) in [6, 6.07) is 4.99. The smallest absolute Gasteiger partial charge is 0.227 e. The molecule has 0 aliphatic carbocycles. The molecule has 1 aromatic rings. The molecule has 1 amide bonds. The fourth-order valence-corrected chi connectivity index (χ4v) is 4.13. The number of rotatable bonds is 7. The lowest BCUT2D eigenvalue weighted by Gasteiger charge is -2.38. The second kappa shape index (κ2) is 9.11. The predicted molar refractivity (Wildman–Crippen MR) is 114 cm³/mol. The SMILES string of the molecule is NC(=O)C1C=CN=CC1(CCCN1CCNCC1)Nc1ccc(I)cc1F. The lowest BCUT2D eigenvalue weighted by Crippen LogP contribution is -2.53. The molecule has 4 N–H and O–H groups in total. The molecule has 1 aromatic carbocycles. The molecule has 0 aromatic heterocycles. The van der Waals surface area contributed by atoms with E-state index in [1.807, 2.05) is 6.07 Å². The summed E-state index contributed by atoms with van der Waals surface area (Å²) in [6.07, 6.45) is 6.46. The summed E-state index contributed by atoms with van der Waals surface area (Å²) in [5.41, 5.74) is 5.19. The number of halogens is 2. The van der Waals surface area contributed by atoms with Gasteiger partial charge in [-0.2, -0.15) is 0 Å². The van der Waals surface area contributed by atoms with E-state index >= 15 is 0 Å². The van der Waals surface area contributed by atoms with Crippen molar-refractivity contribution < 1.29 is 9.18 Å². The number of hydrogen-bond donors (Lipinski definition) is 3. The van der Waals surface area contributed by atoms with Crippen molar-refractivity contribution in [3.8, 4) is 0 Å². The molecule has 0 radical (unpaired) electrons. The molecule has 2 unspecified atom stereocenters. The van der Waals surface area contributed by atoms with Crippen LogP contribution < -0.4 is 16.4 Å². The van der Waals surface area contributed by atoms with E-state index in [-0.39, 0.29) is 5.82 Å². The highest BCUT2D eigenvalue weighted by Crippen LogP contribution is 2.32. The number of benzene rings is 1. The van der Waals surface area contributed by atoms with E-state index in [1.54, 1.807) is 24.6 Å². The number of aliphatic imine (C=N–C) groups is 1. The zero-order valence-electron chi connectivity index (χ0n) is 15.1. The minimum atomic E-state index is -0.831. The van der Waals surface area contributed by atoms with Gasteiger partial charge in [0.05, 0.1) is 17.1 Å². The van der Waals surface area contributed by atoms with Gasteiger partial charge in [0.15, 0.2) is 0 Å². The number of piperazine rings is 1. The van der Waals surface area contributed by atoms with Gasteiger partial charge in [-0.25, -0.2) is 4.39 Å². The molecule has 2 aliphatic heterocycles. The summed E-state index contributed by atoms with van der Waals surface area (Å²) in [5.74, 6) is -1.38. The molecular weight excluding hydrogens is 460 g/mol. The Hall–Kier alpha value is -1.52. The third-order valence-corrected chi connectivity index (χ3v) is 5.77. The van der Waals surface area contributed by atoms with Crippen LogP contribution in [0.25, 0.3) is 0 Å². The standard InChI is InChI=1S/C19H25FIN5O/c20-16-12-14(21)2-3-17(16)25-19(13-24-6-4-15(19)18(22)27)5-1-9-26-10-7-23-8-11-26/h2-4,6,12-13,15,23,25H,1,5,7-11H2,(H2,22,27). The molecule has 8 heteroatoms. The first-order valence-corrected chi connectivity index (χ1v) is 10.2. The summed E-state index contributed by atoms with van der Waals surface area (Å²) in [6.45, 7) is 4.93. The van der Waals surface area contributed by atoms with Crippen molar-refractivity contribution in [3.05, 3.63) is 39.9 Å². The lowest BCUT2D eigenvalue weighted by atomic mass is 9.78. The maximum atomic E-state index is 14.5. The van der Waals surface area contributed by atoms with E-state index in [1.165, 1.54) is 6.07 Å². The summed E-state index contributed by atoms with van der Waals surface area (Å²) >= 11 is 2.07. The fraction of sp³-hybridized carbons (Fsp3) is 0.474. The van der Waals surface area contributed by atoms with Crippen LogP contribution in [0.1, 0.15) is 12.8 Å². The van der Waals surface area contributed by atoms with Crippen molar-refractivity contribution in [3.63, 3.8) is 0 Å². The average molecular weight is 485 g/mol. The predicted octanol–water partition coefficient (Wildman–Crippen LogP) is 1.97. The molecule has 0 bridgehead atoms. The topological polar surface area (TPSA) is 82.8 Å². The third-order valence-electron chi connectivity index (χ3n) is 5.10. The van der Waals surface area contributed by atoms with Crippen molar-refractivity contribution >= 4 is 40.4 Å². The Morgan fingerprint density at radius 1 is 1.44 bits per heavy atom. The van der Waals surface area contributed by atoms with Crippen LogP contribution in [0.15, 0.2) is 35.5 Å². The maximum absolute atomic E-state index is 14.5. The first kappa shape index (κ1) is 20.2. The van der Waals surface area contributed by atoms with Crippen molar-refractivity contribution in [2.24, 2.45) is 16.6 Å². The minimum absolute atomic E-state index is 0.352. The van der Waals surface area contributed by atoms with Crippen LogP contribution in [-0.4, -0.2) is 55.3 Å². The zero-order chi connectivity index (χ0) is 19.3. The van der Waals surface area contributed by atoms with Crippen molar-refractivity contribution in [1.29, 1.82) is 0 Å². The normalized spacial score (nSPS) is 25.5. The molecule has 2 heterocycles. The molecule has 2 aliphatic rings. The van der Waals surface area contributed by atoms with Gasteiger partial charge in [-0.1, -0.05) is 6.08 Å². The summed E-state index contributed by atoms with van der Waals surface area (Å²) in [5, 5.41) is 6.59. The van der Waals surface area contributed by atoms with Gasteiger partial charge in [-0.15, -0.1) is 0 Å². The monoisotopic (exact) mass is 485 g/mol. The summed E-state index contributed by atoms with van der Waals surface area (Å²) < 4.78 is 15.3. The Labute approximate surface area is 172 Å². The highest BCUT2D eigenvalue weighted by Gasteiger charge is 2.41. The van der Waals surface area contributed by atoms with E-state index in [0.29, 0.717) is 12.1 Å². The number of hydrogen-bond acceptors (Lipinski definition) is 5. The van der Waals surface area contributed by atoms with Crippen molar-refractivity contribution in [2.45, 2.75) is 18.4 Å². The van der Waals surface area contributed by atoms with Crippen LogP contribution in [-0.2, 0) is 4.79 Å². The number of anilines is 1. The Kier molecular flexibility index (Phi) is 6.83. The van der Waals surface area contributed by atoms with Gasteiger partial charge in [0.25, 0.3) is 0 Å². The minimum Gasteiger partial charge on any atom is -0.371 e. The first-order chi connectivity index (χ1) is 13.0. The number of nitrogens with one attached hydrogen (secondary N) is 2. The van der Waals surface area contributed by atoms with E-state index in [2.05, 4.69) is 43.1 Å². The molecule has 0 saturated carbocycles. The summed E-state index contributed by atoms with van der Waals surface area (Å²) in [7, 11) is 0. The second-order valence-corrected chi connectivity index (χ2v) is 8.23. The van der Waals surface area contributed by atoms with E-state index in [9.17, 15) is 9.18 Å². The van der Waals surface area contributed by atoms with Crippen molar-refractivity contribution in [1.82, 2.24) is 10.2 Å². The van der Waals surface area contributed by atoms with Crippen LogP contribution in [0.4, 0.5) is 10.1 Å². The third kappa shape index (κ3) is 5.05. The summed E-state index contributed by atoms with van der Waals surface area (Å²) in [4.78, 5) is 18.8. The van der Waals surface area contributed by atoms with Gasteiger partial charge in [-0.3, -0.25) is 9.79 Å². The Balaban J connectivity index is 1.78. The van der Waals surface area contributed by atoms with Crippen LogP contribution in [0.3, 0.4) is 0 Å². The van der Waals surface area contributed by atoms with Crippen LogP contribution >= 0.6 is 22.6 Å². The van der Waals surface area contributed by atoms with E-state index in [0.717, 1.165) is 42.7 Å². The van der Waals surface area contributed by atoms with E-state index < -0.39 is 17.4 Å². The van der Waals surface area contributed by atoms with Gasteiger partial charge >= 0.3 is 0 Å². The Morgan fingerprint density at radius 2 is 2.22 bits per heavy atom. The molecule has 146 valence electrons. The van der Waals surface area contributed by atoms with E-state index in [4.69, 9.17) is 5.73 Å². The molecule has 27 heavy (non-hydrogen) atoms. The lowest BCUT2D eigenvalue weighted by molar-refractivity contribution is -0.121. The van der Waals surface area contributed by atoms with Crippen LogP contribution in [0.2, 0.25) is 0 Å². The van der Waals surface area contributed by atoms with Gasteiger partial charge < -0.3 is 21.3 Å². The van der Waals surface area contributed by atoms with Gasteiger partial charge in [0.2, 0.25) is 5.91 Å². The number of amides is 1.